The van der Waals surface area contributed by atoms with Crippen molar-refractivity contribution in [3.05, 3.63) is 36.8 Å². The maximum Gasteiger partial charge on any atom is 0.409 e. The van der Waals surface area contributed by atoms with E-state index >= 15 is 0 Å². The van der Waals surface area contributed by atoms with Crippen LogP contribution < -0.4 is 5.32 Å². The number of rotatable bonds is 4. The first-order valence-electron chi connectivity index (χ1n) is 8.36. The van der Waals surface area contributed by atoms with E-state index in [0.29, 0.717) is 31.2 Å². The Morgan fingerprint density at radius 3 is 3.00 bits per heavy atom. The first-order chi connectivity index (χ1) is 12.2. The largest absolute Gasteiger partial charge is 0.450 e. The summed E-state index contributed by atoms with van der Waals surface area (Å²) in [7, 11) is 0. The van der Waals surface area contributed by atoms with E-state index in [9.17, 15) is 9.59 Å². The molecule has 1 saturated heterocycles. The topological polar surface area (TPSA) is 89.4 Å². The zero-order valence-electron chi connectivity index (χ0n) is 14.1. The lowest BCUT2D eigenvalue weighted by molar-refractivity contribution is -0.121. The number of nitrogens with one attached hydrogen (secondary N) is 1. The van der Waals surface area contributed by atoms with Crippen molar-refractivity contribution in [2.45, 2.75) is 19.8 Å². The number of amides is 2. The summed E-state index contributed by atoms with van der Waals surface area (Å²) in [6.45, 7) is 3.08. The Bertz CT molecular complexity index is 732. The van der Waals surface area contributed by atoms with Crippen LogP contribution in [0, 0.1) is 5.92 Å². The molecule has 3 rings (SSSR count). The molecule has 8 heteroatoms. The fourth-order valence-corrected chi connectivity index (χ4v) is 2.88. The number of nitrogens with zero attached hydrogens (tertiary/aromatic N) is 4. The second-order valence-electron chi connectivity index (χ2n) is 5.80. The molecule has 1 aliphatic heterocycles. The maximum absolute atomic E-state index is 12.7. The number of hydrogen-bond donors (Lipinski definition) is 1. The van der Waals surface area contributed by atoms with Gasteiger partial charge in [-0.3, -0.25) is 4.79 Å². The molecule has 0 aromatic carbocycles. The Morgan fingerprint density at radius 1 is 1.36 bits per heavy atom. The first kappa shape index (κ1) is 16.9. The van der Waals surface area contributed by atoms with Crippen LogP contribution in [0.4, 0.5) is 10.5 Å². The summed E-state index contributed by atoms with van der Waals surface area (Å²) in [5.41, 5.74) is 0.587. The highest BCUT2D eigenvalue weighted by molar-refractivity contribution is 5.94. The zero-order chi connectivity index (χ0) is 17.6. The second-order valence-corrected chi connectivity index (χ2v) is 5.80. The van der Waals surface area contributed by atoms with Crippen molar-refractivity contribution in [3.63, 3.8) is 0 Å². The Kier molecular flexibility index (Phi) is 5.27. The summed E-state index contributed by atoms with van der Waals surface area (Å²) in [6, 6.07) is 5.33. The first-order valence-corrected chi connectivity index (χ1v) is 8.36. The predicted octanol–water partition coefficient (Wildman–Crippen LogP) is 2.07. The number of carbonyl (C=O) groups is 2. The molecule has 3 heterocycles. The van der Waals surface area contributed by atoms with Crippen LogP contribution in [0.25, 0.3) is 5.82 Å². The lowest BCUT2D eigenvalue weighted by Crippen LogP contribution is -2.44. The summed E-state index contributed by atoms with van der Waals surface area (Å²) >= 11 is 0. The summed E-state index contributed by atoms with van der Waals surface area (Å²) < 4.78 is 6.63. The Hall–Kier alpha value is -2.90. The van der Waals surface area contributed by atoms with E-state index in [0.717, 1.165) is 12.8 Å². The minimum atomic E-state index is -0.362. The average molecular weight is 343 g/mol. The average Bonchev–Trinajstić information content (AvgIpc) is 3.17. The molecule has 1 N–H and O–H groups in total. The number of likely N-dealkylation sites (tertiary alicyclic amines) is 1. The lowest BCUT2D eigenvalue weighted by atomic mass is 9.97. The highest BCUT2D eigenvalue weighted by Crippen LogP contribution is 2.21. The van der Waals surface area contributed by atoms with Crippen LogP contribution in [0.5, 0.6) is 0 Å². The molecular weight excluding hydrogens is 322 g/mol. The second kappa shape index (κ2) is 7.78. The Balaban J connectivity index is 1.69. The van der Waals surface area contributed by atoms with Crippen molar-refractivity contribution in [2.75, 3.05) is 25.0 Å². The van der Waals surface area contributed by atoms with Gasteiger partial charge in [0.1, 0.15) is 0 Å². The van der Waals surface area contributed by atoms with Gasteiger partial charge in [-0.05, 0) is 38.0 Å². The Labute approximate surface area is 145 Å². The third kappa shape index (κ3) is 3.96. The van der Waals surface area contributed by atoms with Gasteiger partial charge in [0.15, 0.2) is 5.82 Å². The van der Waals surface area contributed by atoms with Gasteiger partial charge >= 0.3 is 6.09 Å². The molecule has 2 aromatic rings. The van der Waals surface area contributed by atoms with Crippen molar-refractivity contribution in [2.24, 2.45) is 5.92 Å². The fourth-order valence-electron chi connectivity index (χ4n) is 2.88. The minimum absolute atomic E-state index is 0.129. The van der Waals surface area contributed by atoms with Gasteiger partial charge in [0.2, 0.25) is 5.91 Å². The summed E-state index contributed by atoms with van der Waals surface area (Å²) in [5, 5.41) is 7.08. The number of piperidine rings is 1. The summed E-state index contributed by atoms with van der Waals surface area (Å²) in [6.07, 6.45) is 6.21. The minimum Gasteiger partial charge on any atom is -0.450 e. The van der Waals surface area contributed by atoms with Crippen molar-refractivity contribution in [1.82, 2.24) is 19.7 Å². The normalized spacial score (nSPS) is 17.2. The molecule has 0 spiro atoms. The van der Waals surface area contributed by atoms with Gasteiger partial charge in [-0.15, -0.1) is 0 Å². The number of ether oxygens (including phenoxy) is 1. The van der Waals surface area contributed by atoms with E-state index < -0.39 is 0 Å². The van der Waals surface area contributed by atoms with Crippen molar-refractivity contribution in [1.29, 1.82) is 0 Å². The third-order valence-corrected chi connectivity index (χ3v) is 4.08. The molecule has 0 saturated carbocycles. The van der Waals surface area contributed by atoms with Gasteiger partial charge in [-0.25, -0.2) is 14.5 Å². The summed E-state index contributed by atoms with van der Waals surface area (Å²) in [5.74, 6) is 0.151. The fraction of sp³-hybridized carbons (Fsp3) is 0.412. The molecule has 1 unspecified atom stereocenters. The van der Waals surface area contributed by atoms with Crippen LogP contribution in [0.2, 0.25) is 0 Å². The third-order valence-electron chi connectivity index (χ3n) is 4.08. The van der Waals surface area contributed by atoms with E-state index in [1.165, 1.54) is 0 Å². The molecule has 132 valence electrons. The van der Waals surface area contributed by atoms with E-state index in [1.54, 1.807) is 53.3 Å². The molecule has 0 radical (unpaired) electrons. The zero-order valence-corrected chi connectivity index (χ0v) is 14.1. The molecular formula is C17H21N5O3. The highest BCUT2D eigenvalue weighted by atomic mass is 16.6. The number of carbonyl (C=O) groups excluding carboxylic acids is 2. The summed E-state index contributed by atoms with van der Waals surface area (Å²) in [4.78, 5) is 30.4. The van der Waals surface area contributed by atoms with Gasteiger partial charge in [0.25, 0.3) is 0 Å². The SMILES string of the molecule is CCOC(=O)N1CCCC(C(=O)Nc2cccnc2-n2cccn2)C1. The van der Waals surface area contributed by atoms with E-state index in [4.69, 9.17) is 4.74 Å². The van der Waals surface area contributed by atoms with Crippen LogP contribution in [0.3, 0.4) is 0 Å². The molecule has 0 aliphatic carbocycles. The van der Waals surface area contributed by atoms with Gasteiger partial charge in [0, 0.05) is 31.7 Å². The van der Waals surface area contributed by atoms with Crippen LogP contribution >= 0.6 is 0 Å². The molecule has 1 atom stereocenters. The van der Waals surface area contributed by atoms with Gasteiger partial charge in [-0.1, -0.05) is 0 Å². The molecule has 2 aromatic heterocycles. The van der Waals surface area contributed by atoms with E-state index in [1.807, 2.05) is 0 Å². The molecule has 25 heavy (non-hydrogen) atoms. The standard InChI is InChI=1S/C17H21N5O3/c1-2-25-17(24)21-10-4-6-13(12-21)16(23)20-14-7-3-8-18-15(14)22-11-5-9-19-22/h3,5,7-9,11,13H,2,4,6,10,12H2,1H3,(H,20,23). The molecule has 1 aliphatic rings. The van der Waals surface area contributed by atoms with Crippen molar-refractivity contribution in [3.8, 4) is 5.82 Å². The molecule has 8 nitrogen and oxygen atoms in total. The van der Waals surface area contributed by atoms with Crippen molar-refractivity contribution >= 4 is 17.7 Å². The number of pyridine rings is 1. The van der Waals surface area contributed by atoms with Crippen molar-refractivity contribution < 1.29 is 14.3 Å². The van der Waals surface area contributed by atoms with Crippen LogP contribution in [-0.2, 0) is 9.53 Å². The van der Waals surface area contributed by atoms with E-state index in [-0.39, 0.29) is 17.9 Å². The Morgan fingerprint density at radius 2 is 2.24 bits per heavy atom. The predicted molar refractivity (Wildman–Crippen MR) is 91.3 cm³/mol. The van der Waals surface area contributed by atoms with Crippen LogP contribution in [-0.4, -0.2) is 51.4 Å². The van der Waals surface area contributed by atoms with Gasteiger partial charge in [-0.2, -0.15) is 5.10 Å². The molecule has 0 bridgehead atoms. The van der Waals surface area contributed by atoms with E-state index in [2.05, 4.69) is 15.4 Å². The highest BCUT2D eigenvalue weighted by Gasteiger charge is 2.29. The number of aromatic nitrogens is 3. The number of anilines is 1. The van der Waals surface area contributed by atoms with Crippen LogP contribution in [0.15, 0.2) is 36.8 Å². The monoisotopic (exact) mass is 343 g/mol. The van der Waals surface area contributed by atoms with Gasteiger partial charge < -0.3 is 15.0 Å². The van der Waals surface area contributed by atoms with Gasteiger partial charge in [0.05, 0.1) is 18.2 Å². The number of hydrogen-bond acceptors (Lipinski definition) is 5. The maximum atomic E-state index is 12.7. The van der Waals surface area contributed by atoms with Crippen LogP contribution in [0.1, 0.15) is 19.8 Å². The lowest BCUT2D eigenvalue weighted by Gasteiger charge is -2.31. The quantitative estimate of drug-likeness (QED) is 0.918. The molecule has 1 fully saturated rings. The smallest absolute Gasteiger partial charge is 0.409 e. The molecule has 2 amide bonds.